The summed E-state index contributed by atoms with van der Waals surface area (Å²) in [5, 5.41) is 11.0. The van der Waals surface area contributed by atoms with E-state index < -0.39 is 23.5 Å². The largest absolute Gasteiger partial charge is 0.507 e. The number of likely N-dealkylation sites (tertiary alicyclic amines) is 1. The number of nitrogens with zero attached hydrogens (tertiary/aromatic N) is 1. The quantitative estimate of drug-likeness (QED) is 0.463. The van der Waals surface area contributed by atoms with Crippen molar-refractivity contribution in [3.05, 3.63) is 71.0 Å². The molecule has 2 atom stereocenters. The molecule has 1 amide bonds. The molecule has 2 heterocycles. The lowest BCUT2D eigenvalue weighted by Gasteiger charge is -2.27. The number of hydrogen-bond acceptors (Lipinski definition) is 5. The van der Waals surface area contributed by atoms with Crippen molar-refractivity contribution in [1.29, 1.82) is 0 Å². The summed E-state index contributed by atoms with van der Waals surface area (Å²) in [6, 6.07) is 11.4. The molecule has 0 aromatic heterocycles. The second-order valence-electron chi connectivity index (χ2n) is 7.34. The maximum Gasteiger partial charge on any atom is 0.295 e. The van der Waals surface area contributed by atoms with E-state index in [9.17, 15) is 19.1 Å². The van der Waals surface area contributed by atoms with Crippen molar-refractivity contribution in [3.8, 4) is 5.75 Å². The molecule has 2 aliphatic rings. The van der Waals surface area contributed by atoms with Crippen LogP contribution in [0.1, 0.15) is 30.0 Å². The Morgan fingerprint density at radius 3 is 2.73 bits per heavy atom. The van der Waals surface area contributed by atoms with Gasteiger partial charge in [0.05, 0.1) is 24.8 Å². The van der Waals surface area contributed by atoms with Crippen molar-refractivity contribution in [1.82, 2.24) is 4.90 Å². The number of Topliss-reactive ketones (excluding diaryl/α,β-unsaturated/α-hetero) is 1. The maximum atomic E-state index is 14.7. The summed E-state index contributed by atoms with van der Waals surface area (Å²) in [6.45, 7) is 0.737. The van der Waals surface area contributed by atoms with Crippen LogP contribution in [0.4, 0.5) is 4.39 Å². The number of halogens is 1. The van der Waals surface area contributed by atoms with Crippen LogP contribution in [-0.4, -0.2) is 48.1 Å². The number of hydrogen-bond donors (Lipinski definition) is 1. The predicted molar refractivity (Wildman–Crippen MR) is 107 cm³/mol. The minimum Gasteiger partial charge on any atom is -0.507 e. The Bertz CT molecular complexity index is 1010. The van der Waals surface area contributed by atoms with Crippen LogP contribution in [0, 0.1) is 5.82 Å². The van der Waals surface area contributed by atoms with Crippen LogP contribution in [0.2, 0.25) is 0 Å². The van der Waals surface area contributed by atoms with Crippen LogP contribution in [-0.2, 0) is 14.3 Å². The van der Waals surface area contributed by atoms with Crippen LogP contribution in [0.15, 0.2) is 54.1 Å². The number of amides is 1. The van der Waals surface area contributed by atoms with Gasteiger partial charge in [0.1, 0.15) is 17.3 Å². The van der Waals surface area contributed by atoms with Gasteiger partial charge in [0, 0.05) is 24.3 Å². The number of methoxy groups -OCH3 is 1. The third-order valence-electron chi connectivity index (χ3n) is 5.51. The number of ketones is 1. The summed E-state index contributed by atoms with van der Waals surface area (Å²) in [6.07, 6.45) is 1.39. The first-order chi connectivity index (χ1) is 14.5. The third-order valence-corrected chi connectivity index (χ3v) is 5.51. The van der Waals surface area contributed by atoms with E-state index in [0.29, 0.717) is 17.9 Å². The Labute approximate surface area is 173 Å². The molecule has 0 aliphatic carbocycles. The van der Waals surface area contributed by atoms with Crippen LogP contribution >= 0.6 is 0 Å². The Hall–Kier alpha value is -3.19. The second kappa shape index (κ2) is 8.28. The van der Waals surface area contributed by atoms with Gasteiger partial charge in [-0.3, -0.25) is 9.59 Å². The molecule has 0 bridgehead atoms. The maximum absolute atomic E-state index is 14.7. The zero-order valence-electron chi connectivity index (χ0n) is 16.5. The lowest BCUT2D eigenvalue weighted by molar-refractivity contribution is -0.140. The smallest absolute Gasteiger partial charge is 0.295 e. The summed E-state index contributed by atoms with van der Waals surface area (Å²) in [5.74, 6) is -2.06. The van der Waals surface area contributed by atoms with E-state index in [0.717, 1.165) is 12.8 Å². The zero-order valence-corrected chi connectivity index (χ0v) is 16.5. The molecular formula is C23H22FNO5. The van der Waals surface area contributed by atoms with E-state index in [-0.39, 0.29) is 29.5 Å². The number of benzene rings is 2. The predicted octanol–water partition coefficient (Wildman–Crippen LogP) is 3.44. The number of rotatable bonds is 5. The molecule has 2 saturated heterocycles. The van der Waals surface area contributed by atoms with Crippen molar-refractivity contribution in [2.75, 3.05) is 20.3 Å². The van der Waals surface area contributed by atoms with Gasteiger partial charge in [-0.25, -0.2) is 4.39 Å². The standard InChI is InChI=1S/C23H22FNO5/c1-29-15-7-4-6-14(12-15)21(26)19-20(17-9-2-3-10-18(17)24)25(23(28)22(19)27)13-16-8-5-11-30-16/h2-4,6-7,9-10,12,16,20,26H,5,8,11,13H2,1H3/b21-19-. The molecule has 2 unspecified atom stereocenters. The van der Waals surface area contributed by atoms with Gasteiger partial charge in [0.2, 0.25) is 0 Å². The summed E-state index contributed by atoms with van der Waals surface area (Å²) < 4.78 is 25.5. The van der Waals surface area contributed by atoms with Gasteiger partial charge in [0.25, 0.3) is 11.7 Å². The fourth-order valence-corrected chi connectivity index (χ4v) is 4.02. The van der Waals surface area contributed by atoms with Crippen LogP contribution < -0.4 is 4.74 Å². The van der Waals surface area contributed by atoms with E-state index in [1.165, 1.54) is 30.2 Å². The molecule has 0 spiro atoms. The number of ether oxygens (including phenoxy) is 2. The molecule has 6 nitrogen and oxygen atoms in total. The van der Waals surface area contributed by atoms with Crippen molar-refractivity contribution >= 4 is 17.4 Å². The summed E-state index contributed by atoms with van der Waals surface area (Å²) in [4.78, 5) is 27.1. The Balaban J connectivity index is 1.85. The third kappa shape index (κ3) is 3.57. The topological polar surface area (TPSA) is 76.1 Å². The van der Waals surface area contributed by atoms with Crippen LogP contribution in [0.3, 0.4) is 0 Å². The van der Waals surface area contributed by atoms with E-state index >= 15 is 0 Å². The summed E-state index contributed by atoms with van der Waals surface area (Å²) >= 11 is 0. The van der Waals surface area contributed by atoms with Gasteiger partial charge in [-0.05, 0) is 31.0 Å². The molecule has 1 N–H and O–H groups in total. The Morgan fingerprint density at radius 2 is 2.03 bits per heavy atom. The summed E-state index contributed by atoms with van der Waals surface area (Å²) in [7, 11) is 1.49. The molecular weight excluding hydrogens is 389 g/mol. The molecule has 0 saturated carbocycles. The average molecular weight is 411 g/mol. The molecule has 2 aromatic carbocycles. The minimum atomic E-state index is -1.04. The zero-order chi connectivity index (χ0) is 21.3. The van der Waals surface area contributed by atoms with Gasteiger partial charge in [-0.15, -0.1) is 0 Å². The van der Waals surface area contributed by atoms with Crippen molar-refractivity contribution in [3.63, 3.8) is 0 Å². The van der Waals surface area contributed by atoms with E-state index in [1.54, 1.807) is 30.3 Å². The van der Waals surface area contributed by atoms with Gasteiger partial charge in [-0.1, -0.05) is 30.3 Å². The summed E-state index contributed by atoms with van der Waals surface area (Å²) in [5.41, 5.74) is 0.321. The van der Waals surface area contributed by atoms with Crippen molar-refractivity contribution in [2.24, 2.45) is 0 Å². The molecule has 156 valence electrons. The Kier molecular flexibility index (Phi) is 5.55. The van der Waals surface area contributed by atoms with E-state index in [1.807, 2.05) is 0 Å². The molecule has 4 rings (SSSR count). The second-order valence-corrected chi connectivity index (χ2v) is 7.34. The van der Waals surface area contributed by atoms with Crippen molar-refractivity contribution < 1.29 is 28.6 Å². The first-order valence-corrected chi connectivity index (χ1v) is 9.80. The highest BCUT2D eigenvalue weighted by atomic mass is 19.1. The number of aliphatic hydroxyl groups is 1. The van der Waals surface area contributed by atoms with Gasteiger partial charge in [-0.2, -0.15) is 0 Å². The van der Waals surface area contributed by atoms with E-state index in [4.69, 9.17) is 9.47 Å². The van der Waals surface area contributed by atoms with Gasteiger partial charge < -0.3 is 19.5 Å². The lowest BCUT2D eigenvalue weighted by Crippen LogP contribution is -2.36. The Morgan fingerprint density at radius 1 is 1.23 bits per heavy atom. The first-order valence-electron chi connectivity index (χ1n) is 9.80. The monoisotopic (exact) mass is 411 g/mol. The van der Waals surface area contributed by atoms with E-state index in [2.05, 4.69) is 0 Å². The highest BCUT2D eigenvalue weighted by molar-refractivity contribution is 6.46. The highest BCUT2D eigenvalue weighted by Gasteiger charge is 2.47. The molecule has 0 radical (unpaired) electrons. The number of aliphatic hydroxyl groups excluding tert-OH is 1. The molecule has 7 heteroatoms. The number of carbonyl (C=O) groups excluding carboxylic acids is 2. The van der Waals surface area contributed by atoms with Crippen LogP contribution in [0.5, 0.6) is 5.75 Å². The normalized spacial score (nSPS) is 23.2. The number of carbonyl (C=O) groups is 2. The fraction of sp³-hybridized carbons (Fsp3) is 0.304. The minimum absolute atomic E-state index is 0.142. The lowest BCUT2D eigenvalue weighted by atomic mass is 9.94. The fourth-order valence-electron chi connectivity index (χ4n) is 4.02. The SMILES string of the molecule is COc1cccc(/C(O)=C2/C(=O)C(=O)N(CC3CCCO3)C2c2ccccc2F)c1. The van der Waals surface area contributed by atoms with Crippen molar-refractivity contribution in [2.45, 2.75) is 25.0 Å². The highest BCUT2D eigenvalue weighted by Crippen LogP contribution is 2.41. The van der Waals surface area contributed by atoms with Gasteiger partial charge in [0.15, 0.2) is 0 Å². The molecule has 2 fully saturated rings. The molecule has 30 heavy (non-hydrogen) atoms. The van der Waals surface area contributed by atoms with Gasteiger partial charge >= 0.3 is 0 Å². The molecule has 2 aliphatic heterocycles. The van der Waals surface area contributed by atoms with Crippen LogP contribution in [0.25, 0.3) is 5.76 Å². The molecule has 2 aromatic rings. The average Bonchev–Trinajstić information content (AvgIpc) is 3.36. The first kappa shape index (κ1) is 20.1.